The number of rotatable bonds is 5. The van der Waals surface area contributed by atoms with E-state index in [1.54, 1.807) is 0 Å². The minimum atomic E-state index is -0.257. The van der Waals surface area contributed by atoms with Crippen LogP contribution < -0.4 is 9.18 Å². The van der Waals surface area contributed by atoms with E-state index in [1.807, 2.05) is 6.20 Å². The molecule has 4 heteroatoms. The molecule has 0 amide bonds. The molecule has 2 atom stereocenters. The van der Waals surface area contributed by atoms with Gasteiger partial charge in [0.1, 0.15) is 5.82 Å². The SMILES string of the molecule is CC(C)(C)c1cccc([N@+]23[CH-][N+]2(c2cccc(C(C)(C)c4ccc5c6ccccc6n(-c6cc(C(C)(C)C)ccn6)c5c4)c2)c2ccccc23)c1. The quantitative estimate of drug-likeness (QED) is 0.101. The van der Waals surface area contributed by atoms with E-state index >= 15 is 0 Å². The summed E-state index contributed by atoms with van der Waals surface area (Å²) in [6.45, 7) is 20.9. The van der Waals surface area contributed by atoms with Crippen molar-refractivity contribution < 1.29 is 0 Å². The van der Waals surface area contributed by atoms with Gasteiger partial charge >= 0.3 is 0 Å². The molecule has 1 saturated heterocycles. The largest absolute Gasteiger partial charge is 0.294 e. The van der Waals surface area contributed by atoms with Crippen molar-refractivity contribution in [1.29, 1.82) is 0 Å². The highest BCUT2D eigenvalue weighted by atomic mass is 16.1. The highest BCUT2D eigenvalue weighted by Crippen LogP contribution is 2.75. The number of nitrogens with zero attached hydrogens (tertiary/aromatic N) is 4. The van der Waals surface area contributed by atoms with Crippen LogP contribution in [-0.2, 0) is 16.2 Å². The molecule has 0 spiro atoms. The lowest BCUT2D eigenvalue weighted by Gasteiger charge is -2.40. The van der Waals surface area contributed by atoms with Gasteiger partial charge in [-0.25, -0.2) is 4.98 Å². The van der Waals surface area contributed by atoms with Gasteiger partial charge in [-0.05, 0) is 57.3 Å². The number of hydrogen-bond acceptors (Lipinski definition) is 1. The summed E-state index contributed by atoms with van der Waals surface area (Å²) in [4.78, 5) is 4.93. The van der Waals surface area contributed by atoms with Crippen LogP contribution >= 0.6 is 0 Å². The molecule has 2 aromatic heterocycles. The Morgan fingerprint density at radius 3 is 1.71 bits per heavy atom. The van der Waals surface area contributed by atoms with Crippen molar-refractivity contribution >= 4 is 44.6 Å². The third-order valence-corrected chi connectivity index (χ3v) is 11.7. The fourth-order valence-corrected chi connectivity index (χ4v) is 8.53. The molecule has 1 fully saturated rings. The number of pyridine rings is 1. The molecular formula is C47H47N4+. The molecule has 0 N–H and O–H groups in total. The van der Waals surface area contributed by atoms with Crippen LogP contribution in [0, 0.1) is 6.67 Å². The molecule has 51 heavy (non-hydrogen) atoms. The molecule has 5 aromatic carbocycles. The monoisotopic (exact) mass is 667 g/mol. The number of aromatic nitrogens is 2. The van der Waals surface area contributed by atoms with Gasteiger partial charge in [-0.15, -0.1) is 0 Å². The maximum Gasteiger partial charge on any atom is 0.225 e. The van der Waals surface area contributed by atoms with E-state index in [4.69, 9.17) is 4.98 Å². The molecule has 254 valence electrons. The van der Waals surface area contributed by atoms with E-state index in [-0.39, 0.29) is 16.2 Å². The number of para-hydroxylation sites is 3. The van der Waals surface area contributed by atoms with Gasteiger partial charge < -0.3 is 0 Å². The third kappa shape index (κ3) is 4.43. The molecule has 1 unspecified atom stereocenters. The Kier molecular flexibility index (Phi) is 6.57. The van der Waals surface area contributed by atoms with Gasteiger partial charge in [0.25, 0.3) is 0 Å². The molecule has 2 aliphatic rings. The standard InChI is InChI=1S/C47H47N4/c1-45(2,3)32-15-13-17-36(27-32)50-31-51(50,43-22-12-11-21-42(43)50)37-18-14-16-34(28-37)47(7,8)35-23-24-39-38-19-9-10-20-40(38)49(41(39)29-35)44-30-33(25-26-48-44)46(4,5)6/h9-31H,1-8H3/q+1/t50-,51?/m0/s1. The van der Waals surface area contributed by atoms with Crippen LogP contribution in [0.3, 0.4) is 0 Å². The van der Waals surface area contributed by atoms with Gasteiger partial charge in [-0.2, -0.15) is 9.18 Å². The number of fused-ring (bicyclic) bond motifs is 7. The summed E-state index contributed by atoms with van der Waals surface area (Å²) in [5.74, 6) is 0.958. The molecule has 0 radical (unpaired) electrons. The van der Waals surface area contributed by atoms with Crippen LogP contribution in [0.25, 0.3) is 27.6 Å². The predicted octanol–water partition coefficient (Wildman–Crippen LogP) is 12.4. The molecule has 0 bridgehead atoms. The van der Waals surface area contributed by atoms with Crippen LogP contribution in [0.5, 0.6) is 0 Å². The summed E-state index contributed by atoms with van der Waals surface area (Å²) in [5.41, 5.74) is 12.7. The second-order valence-electron chi connectivity index (χ2n) is 17.2. The van der Waals surface area contributed by atoms with Gasteiger partial charge in [-0.3, -0.25) is 4.57 Å². The molecule has 0 aliphatic carbocycles. The van der Waals surface area contributed by atoms with Crippen LogP contribution in [0.15, 0.2) is 134 Å². The zero-order valence-corrected chi connectivity index (χ0v) is 31.1. The van der Waals surface area contributed by atoms with Gasteiger partial charge in [-0.1, -0.05) is 122 Å². The summed E-state index contributed by atoms with van der Waals surface area (Å²) in [6, 6.07) is 47.7. The van der Waals surface area contributed by atoms with Crippen molar-refractivity contribution in [3.63, 3.8) is 0 Å². The van der Waals surface area contributed by atoms with Crippen LogP contribution in [-0.4, -0.2) is 9.55 Å². The lowest BCUT2D eigenvalue weighted by atomic mass is 9.77. The molecular weight excluding hydrogens is 621 g/mol. The summed E-state index contributed by atoms with van der Waals surface area (Å²) in [7, 11) is 0. The van der Waals surface area contributed by atoms with Gasteiger partial charge in [0.05, 0.1) is 11.0 Å². The first kappa shape index (κ1) is 31.9. The average Bonchev–Trinajstić information content (AvgIpc) is 3.61. The van der Waals surface area contributed by atoms with Crippen LogP contribution in [0.2, 0.25) is 0 Å². The zero-order valence-electron chi connectivity index (χ0n) is 31.1. The van der Waals surface area contributed by atoms with Crippen molar-refractivity contribution in [2.75, 3.05) is 0 Å². The smallest absolute Gasteiger partial charge is 0.225 e. The Bertz CT molecular complexity index is 2520. The number of quaternary nitrogens is 2. The molecule has 4 nitrogen and oxygen atoms in total. The normalized spacial score (nSPS) is 19.8. The molecule has 4 heterocycles. The van der Waals surface area contributed by atoms with E-state index in [2.05, 4.69) is 194 Å². The Labute approximate surface area is 302 Å². The Hall–Kier alpha value is -5.03. The first-order valence-corrected chi connectivity index (χ1v) is 18.2. The van der Waals surface area contributed by atoms with Crippen molar-refractivity contribution in [1.82, 2.24) is 18.7 Å². The topological polar surface area (TPSA) is 17.8 Å². The Morgan fingerprint density at radius 1 is 0.490 bits per heavy atom. The van der Waals surface area contributed by atoms with Crippen molar-refractivity contribution in [3.05, 3.63) is 163 Å². The summed E-state index contributed by atoms with van der Waals surface area (Å²) >= 11 is 0. The second kappa shape index (κ2) is 10.5. The highest BCUT2D eigenvalue weighted by molar-refractivity contribution is 6.09. The minimum Gasteiger partial charge on any atom is -0.294 e. The number of benzene rings is 5. The van der Waals surface area contributed by atoms with E-state index in [1.165, 1.54) is 66.8 Å². The minimum absolute atomic E-state index is 0.0261. The van der Waals surface area contributed by atoms with Crippen molar-refractivity contribution in [2.24, 2.45) is 0 Å². The molecule has 2 aliphatic heterocycles. The highest BCUT2D eigenvalue weighted by Gasteiger charge is 2.77. The van der Waals surface area contributed by atoms with Crippen LogP contribution in [0.1, 0.15) is 77.6 Å². The fraction of sp³-hybridized carbons (Fsp3) is 0.234. The first-order chi connectivity index (χ1) is 24.3. The molecule has 9 rings (SSSR count). The Balaban J connectivity index is 1.17. The van der Waals surface area contributed by atoms with Gasteiger partial charge in [0.15, 0.2) is 18.0 Å². The molecule has 7 aromatic rings. The predicted molar refractivity (Wildman–Crippen MR) is 215 cm³/mol. The third-order valence-electron chi connectivity index (χ3n) is 11.7. The zero-order chi connectivity index (χ0) is 35.6. The van der Waals surface area contributed by atoms with E-state index in [0.29, 0.717) is 4.59 Å². The first-order valence-electron chi connectivity index (χ1n) is 18.2. The summed E-state index contributed by atoms with van der Waals surface area (Å²) in [5, 5.41) is 2.49. The Morgan fingerprint density at radius 2 is 1.04 bits per heavy atom. The lowest BCUT2D eigenvalue weighted by Crippen LogP contribution is -2.46. The van der Waals surface area contributed by atoms with Crippen molar-refractivity contribution in [3.8, 4) is 5.82 Å². The van der Waals surface area contributed by atoms with Gasteiger partial charge in [0.2, 0.25) is 11.4 Å². The second-order valence-corrected chi connectivity index (χ2v) is 17.2. The van der Waals surface area contributed by atoms with E-state index in [9.17, 15) is 0 Å². The lowest BCUT2D eigenvalue weighted by molar-refractivity contribution is 0.425. The number of hydrogen-bond donors (Lipinski definition) is 0. The van der Waals surface area contributed by atoms with Crippen LogP contribution in [0.4, 0.5) is 22.7 Å². The van der Waals surface area contributed by atoms with E-state index in [0.717, 1.165) is 10.4 Å². The maximum absolute atomic E-state index is 4.93. The summed E-state index contributed by atoms with van der Waals surface area (Å²) < 4.78 is 3.78. The fourth-order valence-electron chi connectivity index (χ4n) is 8.53. The maximum atomic E-state index is 4.93. The van der Waals surface area contributed by atoms with Gasteiger partial charge in [0, 0.05) is 58.8 Å². The van der Waals surface area contributed by atoms with Crippen molar-refractivity contribution in [2.45, 2.75) is 71.6 Å². The summed E-state index contributed by atoms with van der Waals surface area (Å²) in [6.07, 6.45) is 1.96. The molecule has 0 saturated carbocycles. The average molecular weight is 668 g/mol. The van der Waals surface area contributed by atoms with E-state index < -0.39 is 0 Å².